The maximum Gasteiger partial charge on any atom is 0.138 e. The highest BCUT2D eigenvalue weighted by Crippen LogP contribution is 2.23. The lowest BCUT2D eigenvalue weighted by Gasteiger charge is -1.99. The molecular weight excluding hydrogens is 321 g/mol. The molecule has 5 heteroatoms. The fourth-order valence-electron chi connectivity index (χ4n) is 0.583. The van der Waals surface area contributed by atoms with Gasteiger partial charge in [-0.15, -0.1) is 0 Å². The van der Waals surface area contributed by atoms with E-state index < -0.39 is 0 Å². The zero-order valence-corrected chi connectivity index (χ0v) is 9.05. The van der Waals surface area contributed by atoms with Crippen LogP contribution in [-0.2, 0) is 0 Å². The van der Waals surface area contributed by atoms with E-state index in [0.717, 1.165) is 0 Å². The average Bonchev–Trinajstić information content (AvgIpc) is 1.99. The molecule has 56 valence electrons. The number of halogens is 2. The molecule has 0 aliphatic carbocycles. The number of nitrogens with zero attached hydrogens (tertiary/aromatic N) is 2. The van der Waals surface area contributed by atoms with Crippen molar-refractivity contribution >= 4 is 44.3 Å². The van der Waals surface area contributed by atoms with E-state index in [1.165, 1.54) is 6.20 Å². The van der Waals surface area contributed by atoms with Crippen molar-refractivity contribution in [3.63, 3.8) is 0 Å². The third kappa shape index (κ3) is 1.62. The minimum atomic E-state index is 0.394. The van der Waals surface area contributed by atoms with Crippen LogP contribution >= 0.6 is 38.5 Å². The van der Waals surface area contributed by atoms with Crippen molar-refractivity contribution < 1.29 is 0 Å². The van der Waals surface area contributed by atoms with Crippen LogP contribution in [0.1, 0.15) is 5.56 Å². The zero-order valence-electron chi connectivity index (χ0n) is 5.31. The second kappa shape index (κ2) is 3.36. The Bertz CT molecular complexity index is 331. The molecular formula is C6H3BrIN3. The Balaban J connectivity index is 3.44. The highest BCUT2D eigenvalue weighted by molar-refractivity contribution is 14.1. The van der Waals surface area contributed by atoms with Gasteiger partial charge in [-0.1, -0.05) is 0 Å². The molecule has 0 saturated carbocycles. The van der Waals surface area contributed by atoms with Crippen LogP contribution in [0.2, 0.25) is 0 Å². The lowest BCUT2D eigenvalue weighted by atomic mass is 10.3. The van der Waals surface area contributed by atoms with Crippen LogP contribution in [0.4, 0.5) is 5.82 Å². The molecule has 0 unspecified atom stereocenters. The van der Waals surface area contributed by atoms with E-state index in [1.807, 2.05) is 28.7 Å². The predicted molar refractivity (Wildman–Crippen MR) is 53.8 cm³/mol. The maximum atomic E-state index is 8.66. The lowest BCUT2D eigenvalue weighted by Crippen LogP contribution is -1.96. The number of nitrogens with two attached hydrogens (primary N) is 1. The van der Waals surface area contributed by atoms with Gasteiger partial charge in [0.1, 0.15) is 11.9 Å². The zero-order chi connectivity index (χ0) is 8.43. The summed E-state index contributed by atoms with van der Waals surface area (Å²) in [5, 5.41) is 8.66. The third-order valence-electron chi connectivity index (χ3n) is 1.11. The Morgan fingerprint density at radius 2 is 2.36 bits per heavy atom. The van der Waals surface area contributed by atoms with Gasteiger partial charge in [0.2, 0.25) is 0 Å². The van der Waals surface area contributed by atoms with Crippen molar-refractivity contribution in [2.75, 3.05) is 5.73 Å². The van der Waals surface area contributed by atoms with Crippen LogP contribution < -0.4 is 5.73 Å². The summed E-state index contributed by atoms with van der Waals surface area (Å²) < 4.78 is 1.37. The van der Waals surface area contributed by atoms with Gasteiger partial charge in [-0.25, -0.2) is 4.98 Å². The monoisotopic (exact) mass is 323 g/mol. The molecule has 1 aromatic heterocycles. The highest BCUT2D eigenvalue weighted by atomic mass is 127. The Morgan fingerprint density at radius 1 is 1.73 bits per heavy atom. The summed E-state index contributed by atoms with van der Waals surface area (Å²) in [5.74, 6) is 0.394. The van der Waals surface area contributed by atoms with Crippen molar-refractivity contribution in [1.29, 1.82) is 5.26 Å². The number of hydrogen-bond donors (Lipinski definition) is 1. The number of rotatable bonds is 0. The fourth-order valence-corrected chi connectivity index (χ4v) is 1.89. The number of nitriles is 1. The first-order valence-corrected chi connectivity index (χ1v) is 4.53. The van der Waals surface area contributed by atoms with Gasteiger partial charge < -0.3 is 5.73 Å². The summed E-state index contributed by atoms with van der Waals surface area (Å²) in [6.07, 6.45) is 1.52. The molecule has 0 radical (unpaired) electrons. The van der Waals surface area contributed by atoms with E-state index in [0.29, 0.717) is 19.4 Å². The molecule has 0 aromatic carbocycles. The molecule has 0 fully saturated rings. The SMILES string of the molecule is N#Cc1c(Br)cnc(N)c1I. The van der Waals surface area contributed by atoms with Crippen molar-refractivity contribution in [1.82, 2.24) is 4.98 Å². The van der Waals surface area contributed by atoms with Gasteiger partial charge in [-0.3, -0.25) is 0 Å². The fraction of sp³-hybridized carbons (Fsp3) is 0. The topological polar surface area (TPSA) is 62.7 Å². The van der Waals surface area contributed by atoms with Gasteiger partial charge in [0.25, 0.3) is 0 Å². The van der Waals surface area contributed by atoms with Gasteiger partial charge in [0, 0.05) is 6.20 Å². The van der Waals surface area contributed by atoms with E-state index in [9.17, 15) is 0 Å². The Kier molecular flexibility index (Phi) is 2.67. The normalized spacial score (nSPS) is 9.18. The quantitative estimate of drug-likeness (QED) is 0.742. The number of pyridine rings is 1. The van der Waals surface area contributed by atoms with E-state index in [2.05, 4.69) is 20.9 Å². The van der Waals surface area contributed by atoms with E-state index in [4.69, 9.17) is 11.0 Å². The predicted octanol–water partition coefficient (Wildman–Crippen LogP) is 1.90. The van der Waals surface area contributed by atoms with E-state index in [-0.39, 0.29) is 0 Å². The summed E-state index contributed by atoms with van der Waals surface area (Å²) in [6.45, 7) is 0. The summed E-state index contributed by atoms with van der Waals surface area (Å²) in [5.41, 5.74) is 6.01. The molecule has 3 nitrogen and oxygen atoms in total. The molecule has 1 aromatic rings. The molecule has 1 rings (SSSR count). The minimum absolute atomic E-state index is 0.394. The maximum absolute atomic E-state index is 8.66. The number of hydrogen-bond acceptors (Lipinski definition) is 3. The molecule has 0 bridgehead atoms. The first kappa shape index (κ1) is 8.74. The number of aromatic nitrogens is 1. The van der Waals surface area contributed by atoms with Gasteiger partial charge in [0.15, 0.2) is 0 Å². The minimum Gasteiger partial charge on any atom is -0.383 e. The van der Waals surface area contributed by atoms with Crippen molar-refractivity contribution in [3.8, 4) is 6.07 Å². The van der Waals surface area contributed by atoms with Crippen LogP contribution in [0.25, 0.3) is 0 Å². The Labute approximate surface area is 85.9 Å². The molecule has 0 aliphatic heterocycles. The van der Waals surface area contributed by atoms with Crippen LogP contribution in [-0.4, -0.2) is 4.98 Å². The summed E-state index contributed by atoms with van der Waals surface area (Å²) in [4.78, 5) is 3.86. The smallest absolute Gasteiger partial charge is 0.138 e. The van der Waals surface area contributed by atoms with Gasteiger partial charge >= 0.3 is 0 Å². The van der Waals surface area contributed by atoms with Gasteiger partial charge in [-0.2, -0.15) is 5.26 Å². The molecule has 0 amide bonds. The molecule has 2 N–H and O–H groups in total. The molecule has 0 aliphatic rings. The molecule has 0 saturated heterocycles. The summed E-state index contributed by atoms with van der Waals surface area (Å²) in [7, 11) is 0. The van der Waals surface area contributed by atoms with Crippen LogP contribution in [0, 0.1) is 14.9 Å². The van der Waals surface area contributed by atoms with Gasteiger partial charge in [0.05, 0.1) is 13.6 Å². The van der Waals surface area contributed by atoms with Gasteiger partial charge in [-0.05, 0) is 38.5 Å². The van der Waals surface area contributed by atoms with E-state index in [1.54, 1.807) is 0 Å². The molecule has 11 heavy (non-hydrogen) atoms. The summed E-state index contributed by atoms with van der Waals surface area (Å²) in [6, 6.07) is 2.03. The Hall–Kier alpha value is -0.350. The Morgan fingerprint density at radius 3 is 2.82 bits per heavy atom. The van der Waals surface area contributed by atoms with Crippen LogP contribution in [0.5, 0.6) is 0 Å². The van der Waals surface area contributed by atoms with E-state index >= 15 is 0 Å². The first-order chi connectivity index (χ1) is 5.16. The van der Waals surface area contributed by atoms with Crippen molar-refractivity contribution in [2.24, 2.45) is 0 Å². The standard InChI is InChI=1S/C6H3BrIN3/c7-4-2-11-6(10)5(8)3(4)1-9/h2H,(H2,10,11). The molecule has 0 spiro atoms. The third-order valence-corrected chi connectivity index (χ3v) is 2.81. The first-order valence-electron chi connectivity index (χ1n) is 2.66. The van der Waals surface area contributed by atoms with Crippen molar-refractivity contribution in [3.05, 3.63) is 19.8 Å². The number of anilines is 1. The summed E-state index contributed by atoms with van der Waals surface area (Å²) >= 11 is 5.19. The largest absolute Gasteiger partial charge is 0.383 e. The number of nitrogen functional groups attached to an aromatic ring is 1. The molecule has 0 atom stereocenters. The van der Waals surface area contributed by atoms with Crippen molar-refractivity contribution in [2.45, 2.75) is 0 Å². The van der Waals surface area contributed by atoms with Crippen LogP contribution in [0.15, 0.2) is 10.7 Å². The highest BCUT2D eigenvalue weighted by Gasteiger charge is 2.07. The van der Waals surface area contributed by atoms with Crippen LogP contribution in [0.3, 0.4) is 0 Å². The average molecular weight is 324 g/mol. The second-order valence-corrected chi connectivity index (χ2v) is 3.73. The molecule has 1 heterocycles. The second-order valence-electron chi connectivity index (χ2n) is 1.79. The lowest BCUT2D eigenvalue weighted by molar-refractivity contribution is 1.27.